The maximum Gasteiger partial charge on any atom is 0.326 e. The maximum atomic E-state index is 11.7. The highest BCUT2D eigenvalue weighted by atomic mass is 16.2. The molecular weight excluding hydrogens is 224 g/mol. The molecule has 1 fully saturated rings. The molecule has 1 aliphatic heterocycles. The van der Waals surface area contributed by atoms with Crippen LogP contribution in [-0.4, -0.2) is 35.5 Å². The smallest absolute Gasteiger partial charge is 0.326 e. The van der Waals surface area contributed by atoms with Crippen LogP contribution in [0.3, 0.4) is 0 Å². The van der Waals surface area contributed by atoms with Crippen molar-refractivity contribution in [3.05, 3.63) is 32.6 Å². The summed E-state index contributed by atoms with van der Waals surface area (Å²) in [4.78, 5) is 37.9. The van der Waals surface area contributed by atoms with Crippen molar-refractivity contribution in [2.45, 2.75) is 6.42 Å². The second-order valence-electron chi connectivity index (χ2n) is 4.07. The van der Waals surface area contributed by atoms with Gasteiger partial charge < -0.3 is 15.6 Å². The van der Waals surface area contributed by atoms with Gasteiger partial charge in [0.05, 0.1) is 0 Å². The second kappa shape index (κ2) is 4.96. The average Bonchev–Trinajstić information content (AvgIpc) is 2.77. The highest BCUT2D eigenvalue weighted by molar-refractivity contribution is 5.91. The van der Waals surface area contributed by atoms with Crippen molar-refractivity contribution < 1.29 is 4.79 Å². The zero-order chi connectivity index (χ0) is 12.3. The van der Waals surface area contributed by atoms with Crippen LogP contribution in [0.15, 0.2) is 15.7 Å². The first-order chi connectivity index (χ1) is 8.15. The fourth-order valence-corrected chi connectivity index (χ4v) is 1.81. The molecule has 1 unspecified atom stereocenters. The molecule has 7 heteroatoms. The van der Waals surface area contributed by atoms with E-state index in [4.69, 9.17) is 0 Å². The van der Waals surface area contributed by atoms with E-state index >= 15 is 0 Å². The van der Waals surface area contributed by atoms with Crippen LogP contribution in [0, 0.1) is 5.92 Å². The van der Waals surface area contributed by atoms with E-state index in [9.17, 15) is 14.4 Å². The molecule has 92 valence electrons. The van der Waals surface area contributed by atoms with Gasteiger partial charge in [-0.15, -0.1) is 0 Å². The molecule has 1 saturated heterocycles. The molecule has 0 bridgehead atoms. The minimum atomic E-state index is -0.676. The number of aromatic nitrogens is 2. The van der Waals surface area contributed by atoms with Crippen LogP contribution >= 0.6 is 0 Å². The van der Waals surface area contributed by atoms with Gasteiger partial charge in [0.15, 0.2) is 0 Å². The fraction of sp³-hybridized carbons (Fsp3) is 0.500. The van der Waals surface area contributed by atoms with Crippen LogP contribution < -0.4 is 21.9 Å². The zero-order valence-electron chi connectivity index (χ0n) is 9.21. The van der Waals surface area contributed by atoms with Gasteiger partial charge in [-0.1, -0.05) is 0 Å². The maximum absolute atomic E-state index is 11.7. The van der Waals surface area contributed by atoms with Crippen LogP contribution in [0.1, 0.15) is 16.9 Å². The van der Waals surface area contributed by atoms with Gasteiger partial charge in [0.2, 0.25) is 0 Å². The molecule has 1 aromatic heterocycles. The van der Waals surface area contributed by atoms with Crippen molar-refractivity contribution >= 4 is 5.91 Å². The van der Waals surface area contributed by atoms with Gasteiger partial charge in [-0.05, 0) is 25.4 Å². The fourth-order valence-electron chi connectivity index (χ4n) is 1.81. The summed E-state index contributed by atoms with van der Waals surface area (Å²) in [5.41, 5.74) is -1.27. The summed E-state index contributed by atoms with van der Waals surface area (Å²) < 4.78 is 0. The van der Waals surface area contributed by atoms with Crippen molar-refractivity contribution in [2.24, 2.45) is 5.92 Å². The Morgan fingerprint density at radius 1 is 1.41 bits per heavy atom. The largest absolute Gasteiger partial charge is 0.350 e. The summed E-state index contributed by atoms with van der Waals surface area (Å²) in [5, 5.41) is 5.88. The number of rotatable bonds is 3. The van der Waals surface area contributed by atoms with Crippen molar-refractivity contribution in [2.75, 3.05) is 19.6 Å². The summed E-state index contributed by atoms with van der Waals surface area (Å²) in [6.45, 7) is 2.38. The van der Waals surface area contributed by atoms with E-state index in [1.54, 1.807) is 0 Å². The molecule has 0 aliphatic carbocycles. The van der Waals surface area contributed by atoms with Crippen molar-refractivity contribution in [1.82, 2.24) is 20.6 Å². The molecule has 0 spiro atoms. The predicted octanol–water partition coefficient (Wildman–Crippen LogP) is -1.60. The lowest BCUT2D eigenvalue weighted by atomic mass is 10.1. The van der Waals surface area contributed by atoms with E-state index in [1.165, 1.54) is 0 Å². The minimum Gasteiger partial charge on any atom is -0.350 e. The summed E-state index contributed by atoms with van der Waals surface area (Å²) >= 11 is 0. The van der Waals surface area contributed by atoms with E-state index < -0.39 is 17.2 Å². The first-order valence-electron chi connectivity index (χ1n) is 5.48. The third kappa shape index (κ3) is 3.04. The molecule has 0 aromatic carbocycles. The lowest BCUT2D eigenvalue weighted by Gasteiger charge is -2.09. The van der Waals surface area contributed by atoms with Crippen LogP contribution in [0.25, 0.3) is 0 Å². The molecule has 1 aromatic rings. The van der Waals surface area contributed by atoms with Crippen LogP contribution in [0.2, 0.25) is 0 Å². The number of hydrogen-bond acceptors (Lipinski definition) is 4. The van der Waals surface area contributed by atoms with Gasteiger partial charge in [-0.3, -0.25) is 14.6 Å². The molecule has 17 heavy (non-hydrogen) atoms. The van der Waals surface area contributed by atoms with E-state index in [0.717, 1.165) is 25.6 Å². The molecule has 7 nitrogen and oxygen atoms in total. The molecule has 1 aliphatic rings. The summed E-state index contributed by atoms with van der Waals surface area (Å²) in [5.74, 6) is -0.0206. The van der Waals surface area contributed by atoms with Gasteiger partial charge in [0, 0.05) is 12.6 Å². The van der Waals surface area contributed by atoms with Crippen LogP contribution in [-0.2, 0) is 0 Å². The molecule has 1 atom stereocenters. The topological polar surface area (TPSA) is 107 Å². The molecule has 4 N–H and O–H groups in total. The van der Waals surface area contributed by atoms with E-state index in [1.807, 2.05) is 4.98 Å². The van der Waals surface area contributed by atoms with Crippen molar-refractivity contribution in [3.8, 4) is 0 Å². The molecular formula is C10H14N4O3. The number of nitrogens with one attached hydrogen (secondary N) is 4. The standard InChI is InChI=1S/C10H14N4O3/c15-8-3-7(13-10(17)14-8)9(16)12-5-6-1-2-11-4-6/h3,6,11H,1-2,4-5H2,(H,12,16)(H2,13,14,15,17). The van der Waals surface area contributed by atoms with Gasteiger partial charge in [0.25, 0.3) is 11.5 Å². The third-order valence-electron chi connectivity index (χ3n) is 2.72. The number of carbonyl (C=O) groups excluding carboxylic acids is 1. The number of amides is 1. The second-order valence-corrected chi connectivity index (χ2v) is 4.07. The Morgan fingerprint density at radius 2 is 2.24 bits per heavy atom. The van der Waals surface area contributed by atoms with Crippen LogP contribution in [0.4, 0.5) is 0 Å². The van der Waals surface area contributed by atoms with Gasteiger partial charge in [-0.25, -0.2) is 4.79 Å². The predicted molar refractivity (Wildman–Crippen MR) is 61.0 cm³/mol. The summed E-state index contributed by atoms with van der Waals surface area (Å²) in [6.07, 6.45) is 1.02. The molecule has 2 heterocycles. The average molecular weight is 238 g/mol. The number of hydrogen-bond donors (Lipinski definition) is 4. The quantitative estimate of drug-likeness (QED) is 0.509. The lowest BCUT2D eigenvalue weighted by Crippen LogP contribution is -2.34. The highest BCUT2D eigenvalue weighted by Gasteiger charge is 2.16. The summed E-state index contributed by atoms with van der Waals surface area (Å²) in [6, 6.07) is 1.07. The molecule has 1 amide bonds. The zero-order valence-corrected chi connectivity index (χ0v) is 9.21. The number of aromatic amines is 2. The van der Waals surface area contributed by atoms with Crippen molar-refractivity contribution in [3.63, 3.8) is 0 Å². The summed E-state index contributed by atoms with van der Waals surface area (Å²) in [7, 11) is 0. The van der Waals surface area contributed by atoms with E-state index in [0.29, 0.717) is 12.5 Å². The Labute approximate surface area is 96.6 Å². The number of carbonyl (C=O) groups is 1. The Kier molecular flexibility index (Phi) is 3.38. The Morgan fingerprint density at radius 3 is 2.88 bits per heavy atom. The highest BCUT2D eigenvalue weighted by Crippen LogP contribution is 2.05. The first-order valence-corrected chi connectivity index (χ1v) is 5.48. The Balaban J connectivity index is 1.99. The van der Waals surface area contributed by atoms with Gasteiger partial charge >= 0.3 is 5.69 Å². The number of H-pyrrole nitrogens is 2. The molecule has 2 rings (SSSR count). The third-order valence-corrected chi connectivity index (χ3v) is 2.72. The van der Waals surface area contributed by atoms with Gasteiger partial charge in [0.1, 0.15) is 5.69 Å². The SMILES string of the molecule is O=C(NCC1CCNC1)c1cc(=O)[nH]c(=O)[nH]1. The first kappa shape index (κ1) is 11.6. The molecule has 0 saturated carbocycles. The lowest BCUT2D eigenvalue weighted by molar-refractivity contribution is 0.0942. The van der Waals surface area contributed by atoms with E-state index in [-0.39, 0.29) is 5.69 Å². The normalized spacial score (nSPS) is 19.2. The Bertz CT molecular complexity index is 485. The minimum absolute atomic E-state index is 0.00953. The van der Waals surface area contributed by atoms with Crippen molar-refractivity contribution in [1.29, 1.82) is 0 Å². The van der Waals surface area contributed by atoms with Gasteiger partial charge in [-0.2, -0.15) is 0 Å². The van der Waals surface area contributed by atoms with E-state index in [2.05, 4.69) is 15.6 Å². The Hall–Kier alpha value is -1.89. The monoisotopic (exact) mass is 238 g/mol. The van der Waals surface area contributed by atoms with Crippen LogP contribution in [0.5, 0.6) is 0 Å². The molecule has 0 radical (unpaired) electrons.